The Morgan fingerprint density at radius 1 is 0.219 bits per heavy atom. The van der Waals surface area contributed by atoms with Crippen LogP contribution in [0.1, 0.15) is 0 Å². The van der Waals surface area contributed by atoms with Gasteiger partial charge in [-0.15, -0.1) is 0 Å². The van der Waals surface area contributed by atoms with E-state index in [1.54, 1.807) is 0 Å². The van der Waals surface area contributed by atoms with Gasteiger partial charge in [0.15, 0.2) is 5.82 Å². The quantitative estimate of drug-likeness (QED) is 0.150. The van der Waals surface area contributed by atoms with Crippen LogP contribution in [-0.2, 0) is 0 Å². The van der Waals surface area contributed by atoms with E-state index in [-0.39, 0.29) is 0 Å². The maximum absolute atomic E-state index is 5.41. The van der Waals surface area contributed by atoms with Crippen LogP contribution >= 0.6 is 0 Å². The van der Waals surface area contributed by atoms with Gasteiger partial charge in [0.25, 0.3) is 0 Å². The van der Waals surface area contributed by atoms with Gasteiger partial charge in [0.2, 0.25) is 0 Å². The first-order chi connectivity index (χ1) is 31.7. The second kappa shape index (κ2) is 15.7. The average Bonchev–Trinajstić information content (AvgIpc) is 3.39. The Morgan fingerprint density at radius 3 is 1.17 bits per heavy atom. The highest BCUT2D eigenvalue weighted by Crippen LogP contribution is 2.43. The number of hydrogen-bond acceptors (Lipinski definition) is 3. The van der Waals surface area contributed by atoms with Crippen LogP contribution in [0.3, 0.4) is 0 Å². The lowest BCUT2D eigenvalue weighted by molar-refractivity contribution is 1.18. The molecule has 0 aliphatic rings. The lowest BCUT2D eigenvalue weighted by Crippen LogP contribution is -1.96. The van der Waals surface area contributed by atoms with E-state index >= 15 is 0 Å². The number of fused-ring (bicyclic) bond motifs is 8. The second-order valence-electron chi connectivity index (χ2n) is 16.3. The number of benzene rings is 10. The van der Waals surface area contributed by atoms with Gasteiger partial charge in [0.1, 0.15) is 0 Å². The number of nitrogens with zero attached hydrogens (tertiary/aromatic N) is 3. The molecule has 0 saturated carbocycles. The molecule has 3 nitrogen and oxygen atoms in total. The highest BCUT2D eigenvalue weighted by atomic mass is 14.9. The smallest absolute Gasteiger partial charge is 0.160 e. The van der Waals surface area contributed by atoms with E-state index in [1.165, 1.54) is 43.4 Å². The SMILES string of the molecule is c1ccc(-c2cccc(-c3cc(-c4cccc(-c5ccccc5)c4)nc(-c4ccc(-c5cccc(-c6nc7ccccc7c7c8ccccc8c8ccccc8c67)c5)cc4)n3)c2)cc1. The maximum atomic E-state index is 5.41. The van der Waals surface area contributed by atoms with Crippen molar-refractivity contribution in [2.75, 3.05) is 0 Å². The molecule has 3 heteroatoms. The first kappa shape index (κ1) is 37.2. The molecule has 0 bridgehead atoms. The van der Waals surface area contributed by atoms with E-state index in [4.69, 9.17) is 15.0 Å². The third-order valence-electron chi connectivity index (χ3n) is 12.4. The van der Waals surface area contributed by atoms with Crippen molar-refractivity contribution in [2.24, 2.45) is 0 Å². The zero-order valence-electron chi connectivity index (χ0n) is 34.9. The van der Waals surface area contributed by atoms with Gasteiger partial charge < -0.3 is 0 Å². The first-order valence-electron chi connectivity index (χ1n) is 21.8. The summed E-state index contributed by atoms with van der Waals surface area (Å²) in [5.74, 6) is 0.675. The summed E-state index contributed by atoms with van der Waals surface area (Å²) >= 11 is 0. The van der Waals surface area contributed by atoms with Crippen molar-refractivity contribution in [1.82, 2.24) is 15.0 Å². The van der Waals surface area contributed by atoms with Crippen LogP contribution < -0.4 is 0 Å². The van der Waals surface area contributed by atoms with Gasteiger partial charge in [0.05, 0.1) is 22.6 Å². The molecule has 0 radical (unpaired) electrons. The summed E-state index contributed by atoms with van der Waals surface area (Å²) in [6.07, 6.45) is 0. The molecule has 0 aliphatic carbocycles. The van der Waals surface area contributed by atoms with Crippen LogP contribution in [0.15, 0.2) is 237 Å². The van der Waals surface area contributed by atoms with E-state index < -0.39 is 0 Å². The normalized spacial score (nSPS) is 11.4. The molecule has 0 N–H and O–H groups in total. The monoisotopic (exact) mass is 813 g/mol. The van der Waals surface area contributed by atoms with E-state index in [9.17, 15) is 0 Å². The summed E-state index contributed by atoms with van der Waals surface area (Å²) in [6, 6.07) is 83.9. The summed E-state index contributed by atoms with van der Waals surface area (Å²) in [7, 11) is 0. The largest absolute Gasteiger partial charge is 0.247 e. The van der Waals surface area contributed by atoms with Crippen molar-refractivity contribution in [2.45, 2.75) is 0 Å². The molecule has 2 aromatic heterocycles. The zero-order chi connectivity index (χ0) is 42.4. The minimum Gasteiger partial charge on any atom is -0.247 e. The number of para-hydroxylation sites is 1. The number of aromatic nitrogens is 3. The van der Waals surface area contributed by atoms with Crippen LogP contribution in [-0.4, -0.2) is 15.0 Å². The Hall–Kier alpha value is -8.53. The van der Waals surface area contributed by atoms with Crippen molar-refractivity contribution in [3.05, 3.63) is 237 Å². The molecule has 0 unspecified atom stereocenters. The molecule has 0 fully saturated rings. The van der Waals surface area contributed by atoms with E-state index in [0.717, 1.165) is 72.5 Å². The van der Waals surface area contributed by atoms with Crippen molar-refractivity contribution in [1.29, 1.82) is 0 Å². The lowest BCUT2D eigenvalue weighted by Gasteiger charge is -2.16. The van der Waals surface area contributed by atoms with Crippen LogP contribution in [0.5, 0.6) is 0 Å². The molecular weight excluding hydrogens is 775 g/mol. The minimum absolute atomic E-state index is 0.675. The maximum Gasteiger partial charge on any atom is 0.160 e. The lowest BCUT2D eigenvalue weighted by atomic mass is 9.89. The predicted octanol–water partition coefficient (Wildman–Crippen LogP) is 16.2. The van der Waals surface area contributed by atoms with Gasteiger partial charge in [-0.25, -0.2) is 15.0 Å². The van der Waals surface area contributed by atoms with Crippen LogP contribution in [0.25, 0.3) is 122 Å². The number of rotatable bonds is 7. The highest BCUT2D eigenvalue weighted by molar-refractivity contribution is 6.33. The number of pyridine rings is 1. The molecule has 12 aromatic rings. The topological polar surface area (TPSA) is 38.7 Å². The van der Waals surface area contributed by atoms with Crippen LogP contribution in [0.2, 0.25) is 0 Å². The summed E-state index contributed by atoms with van der Waals surface area (Å²) in [6.45, 7) is 0. The average molecular weight is 814 g/mol. The van der Waals surface area contributed by atoms with Crippen molar-refractivity contribution >= 4 is 43.2 Å². The summed E-state index contributed by atoms with van der Waals surface area (Å²) < 4.78 is 0. The van der Waals surface area contributed by atoms with Crippen molar-refractivity contribution < 1.29 is 0 Å². The predicted molar refractivity (Wildman–Crippen MR) is 268 cm³/mol. The Kier molecular flexibility index (Phi) is 9.16. The van der Waals surface area contributed by atoms with Crippen molar-refractivity contribution in [3.8, 4) is 78.5 Å². The van der Waals surface area contributed by atoms with Crippen LogP contribution in [0, 0.1) is 0 Å². The molecule has 298 valence electrons. The van der Waals surface area contributed by atoms with Crippen molar-refractivity contribution in [3.63, 3.8) is 0 Å². The molecule has 0 saturated heterocycles. The standard InChI is InChI=1S/C61H39N3/c1-3-16-40(17-4-1)44-20-13-23-47(36-44)56-39-57(48-24-14-21-45(37-48)41-18-5-2-6-19-41)64-61(63-56)43-34-32-42(33-35-43)46-22-15-25-49(38-46)60-59-53-29-10-8-27-51(53)50-26-7-9-28-52(50)58(59)54-30-11-12-31-55(54)62-60/h1-39H. The Balaban J connectivity index is 0.969. The van der Waals surface area contributed by atoms with E-state index in [2.05, 4.69) is 237 Å². The highest BCUT2D eigenvalue weighted by Gasteiger charge is 2.18. The summed E-state index contributed by atoms with van der Waals surface area (Å²) in [4.78, 5) is 15.9. The summed E-state index contributed by atoms with van der Waals surface area (Å²) in [5, 5.41) is 8.52. The molecule has 2 heterocycles. The Bertz CT molecular complexity index is 3610. The van der Waals surface area contributed by atoms with E-state index in [1.807, 2.05) is 0 Å². The fourth-order valence-electron chi connectivity index (χ4n) is 9.34. The molecule has 64 heavy (non-hydrogen) atoms. The van der Waals surface area contributed by atoms with Gasteiger partial charge in [-0.3, -0.25) is 0 Å². The van der Waals surface area contributed by atoms with Gasteiger partial charge in [0, 0.05) is 38.4 Å². The van der Waals surface area contributed by atoms with Gasteiger partial charge in [-0.05, 0) is 85.3 Å². The fourth-order valence-corrected chi connectivity index (χ4v) is 9.34. The first-order valence-corrected chi connectivity index (χ1v) is 21.8. The molecule has 0 spiro atoms. The van der Waals surface area contributed by atoms with Gasteiger partial charge in [-0.1, -0.05) is 206 Å². The van der Waals surface area contributed by atoms with Gasteiger partial charge in [-0.2, -0.15) is 0 Å². The molecule has 0 aliphatic heterocycles. The van der Waals surface area contributed by atoms with Gasteiger partial charge >= 0.3 is 0 Å². The molecular formula is C61H39N3. The fraction of sp³-hybridized carbons (Fsp3) is 0. The molecule has 12 rings (SSSR count). The third kappa shape index (κ3) is 6.68. The zero-order valence-corrected chi connectivity index (χ0v) is 34.9. The summed E-state index contributed by atoms with van der Waals surface area (Å²) in [5.41, 5.74) is 14.7. The Morgan fingerprint density at radius 2 is 0.609 bits per heavy atom. The molecule has 0 amide bonds. The second-order valence-corrected chi connectivity index (χ2v) is 16.3. The van der Waals surface area contributed by atoms with Crippen LogP contribution in [0.4, 0.5) is 0 Å². The Labute approximate surface area is 371 Å². The van der Waals surface area contributed by atoms with E-state index in [0.29, 0.717) is 5.82 Å². The third-order valence-corrected chi connectivity index (χ3v) is 12.4. The minimum atomic E-state index is 0.675. The molecule has 0 atom stereocenters. The molecule has 10 aromatic carbocycles. The number of hydrogen-bond donors (Lipinski definition) is 0.